The number of hydrogen-bond acceptors (Lipinski definition) is 6. The van der Waals surface area contributed by atoms with E-state index < -0.39 is 0 Å². The summed E-state index contributed by atoms with van der Waals surface area (Å²) in [7, 11) is 1.63. The number of furan rings is 1. The molecular formula is C21H18N2O3S2. The number of fused-ring (bicyclic) bond motifs is 1. The van der Waals surface area contributed by atoms with Gasteiger partial charge in [-0.05, 0) is 48.2 Å². The Labute approximate surface area is 170 Å². The van der Waals surface area contributed by atoms with E-state index in [-0.39, 0.29) is 5.91 Å². The van der Waals surface area contributed by atoms with Crippen LogP contribution in [0.3, 0.4) is 0 Å². The zero-order valence-electron chi connectivity index (χ0n) is 15.4. The lowest BCUT2D eigenvalue weighted by molar-refractivity contribution is -0.115. The van der Waals surface area contributed by atoms with Gasteiger partial charge in [0.1, 0.15) is 17.0 Å². The van der Waals surface area contributed by atoms with Crippen molar-refractivity contribution in [1.29, 1.82) is 0 Å². The van der Waals surface area contributed by atoms with Gasteiger partial charge < -0.3 is 14.5 Å². The second-order valence-corrected chi connectivity index (χ2v) is 7.86. The number of amides is 1. The molecular weight excluding hydrogens is 392 g/mol. The third kappa shape index (κ3) is 4.05. The number of methoxy groups -OCH3 is 1. The number of anilines is 1. The van der Waals surface area contributed by atoms with Gasteiger partial charge in [0.15, 0.2) is 10.9 Å². The molecule has 2 aromatic heterocycles. The van der Waals surface area contributed by atoms with Gasteiger partial charge in [0.25, 0.3) is 0 Å². The van der Waals surface area contributed by atoms with Crippen LogP contribution in [0.15, 0.2) is 63.2 Å². The van der Waals surface area contributed by atoms with Crippen LogP contribution in [0.25, 0.3) is 22.4 Å². The molecule has 0 unspecified atom stereocenters. The van der Waals surface area contributed by atoms with Crippen molar-refractivity contribution < 1.29 is 13.9 Å². The maximum absolute atomic E-state index is 12.3. The molecule has 1 amide bonds. The fraction of sp³-hybridized carbons (Fsp3) is 0.143. The van der Waals surface area contributed by atoms with Crippen LogP contribution < -0.4 is 10.1 Å². The fourth-order valence-electron chi connectivity index (χ4n) is 2.81. The molecule has 0 saturated heterocycles. The summed E-state index contributed by atoms with van der Waals surface area (Å²) in [5.41, 5.74) is 2.43. The maximum Gasteiger partial charge on any atom is 0.230 e. The maximum atomic E-state index is 12.3. The molecule has 4 rings (SSSR count). The lowest BCUT2D eigenvalue weighted by Crippen LogP contribution is -2.14. The van der Waals surface area contributed by atoms with Crippen molar-refractivity contribution in [3.63, 3.8) is 0 Å². The molecule has 5 nitrogen and oxygen atoms in total. The summed E-state index contributed by atoms with van der Waals surface area (Å²) in [6.07, 6.45) is 2.34. The zero-order valence-corrected chi connectivity index (χ0v) is 17.0. The molecule has 7 heteroatoms. The summed E-state index contributed by atoms with van der Waals surface area (Å²) < 4.78 is 11.1. The summed E-state index contributed by atoms with van der Waals surface area (Å²) in [5, 5.41) is 6.24. The van der Waals surface area contributed by atoms with Crippen molar-refractivity contribution in [1.82, 2.24) is 4.98 Å². The Morgan fingerprint density at radius 1 is 1.21 bits per heavy atom. The van der Waals surface area contributed by atoms with E-state index in [0.29, 0.717) is 23.0 Å². The molecule has 0 aliphatic rings. The smallest absolute Gasteiger partial charge is 0.230 e. The molecule has 1 N–H and O–H groups in total. The first-order chi connectivity index (χ1) is 13.6. The molecule has 2 aromatic carbocycles. The number of rotatable bonds is 6. The highest BCUT2D eigenvalue weighted by atomic mass is 32.2. The number of ether oxygens (including phenoxy) is 1. The molecule has 0 aliphatic carbocycles. The number of nitrogens with one attached hydrogen (secondary N) is 1. The lowest BCUT2D eigenvalue weighted by atomic mass is 10.1. The molecule has 4 aromatic rings. The second kappa shape index (κ2) is 8.08. The average Bonchev–Trinajstić information content (AvgIpc) is 3.34. The molecule has 0 atom stereocenters. The molecule has 0 radical (unpaired) electrons. The number of thioether (sulfide) groups is 1. The van der Waals surface area contributed by atoms with Crippen molar-refractivity contribution in [3.05, 3.63) is 59.5 Å². The summed E-state index contributed by atoms with van der Waals surface area (Å²) in [5.74, 6) is 1.34. The van der Waals surface area contributed by atoms with Crippen molar-refractivity contribution in [2.45, 2.75) is 11.3 Å². The van der Waals surface area contributed by atoms with E-state index in [4.69, 9.17) is 9.15 Å². The van der Waals surface area contributed by atoms with Gasteiger partial charge in [-0.2, -0.15) is 0 Å². The minimum atomic E-state index is -0.0906. The molecule has 0 aliphatic heterocycles. The van der Waals surface area contributed by atoms with Crippen LogP contribution in [0, 0.1) is 0 Å². The van der Waals surface area contributed by atoms with Gasteiger partial charge in [0, 0.05) is 15.7 Å². The van der Waals surface area contributed by atoms with Crippen molar-refractivity contribution in [2.75, 3.05) is 18.7 Å². The first-order valence-electron chi connectivity index (χ1n) is 8.61. The summed E-state index contributed by atoms with van der Waals surface area (Å²) >= 11 is 3.05. The third-order valence-corrected chi connectivity index (χ3v) is 5.75. The topological polar surface area (TPSA) is 64.4 Å². The average molecular weight is 411 g/mol. The summed E-state index contributed by atoms with van der Waals surface area (Å²) in [6.45, 7) is 0. The predicted octanol–water partition coefficient (Wildman–Crippen LogP) is 5.47. The Balaban J connectivity index is 1.45. The third-order valence-electron chi connectivity index (χ3n) is 4.25. The molecule has 0 saturated carbocycles. The largest absolute Gasteiger partial charge is 0.497 e. The number of benzene rings is 2. The van der Waals surface area contributed by atoms with Crippen LogP contribution in [0.4, 0.5) is 5.13 Å². The van der Waals surface area contributed by atoms with Gasteiger partial charge in [-0.25, -0.2) is 4.98 Å². The molecule has 142 valence electrons. The number of carbonyl (C=O) groups excluding carboxylic acids is 1. The van der Waals surface area contributed by atoms with Gasteiger partial charge in [0.05, 0.1) is 13.5 Å². The standard InChI is InChI=1S/C21H18N2O3S2/c1-25-15-5-8-18-14(10-15)11-19(26-18)17-12-28-21(22-17)23-20(24)9-13-3-6-16(27-2)7-4-13/h3-8,10-12H,9H2,1-2H3,(H,22,23,24). The Morgan fingerprint density at radius 2 is 2.04 bits per heavy atom. The van der Waals surface area contributed by atoms with E-state index in [1.807, 2.05) is 60.2 Å². The van der Waals surface area contributed by atoms with Crippen LogP contribution >= 0.6 is 23.1 Å². The second-order valence-electron chi connectivity index (χ2n) is 6.13. The van der Waals surface area contributed by atoms with Crippen molar-refractivity contribution >= 4 is 45.1 Å². The van der Waals surface area contributed by atoms with E-state index in [1.54, 1.807) is 18.9 Å². The first-order valence-corrected chi connectivity index (χ1v) is 10.7. The van der Waals surface area contributed by atoms with Gasteiger partial charge in [-0.3, -0.25) is 4.79 Å². The highest BCUT2D eigenvalue weighted by molar-refractivity contribution is 7.98. The summed E-state index contributed by atoms with van der Waals surface area (Å²) in [4.78, 5) is 18.0. The Kier molecular flexibility index (Phi) is 5.36. The van der Waals surface area contributed by atoms with Crippen LogP contribution in [0.2, 0.25) is 0 Å². The minimum absolute atomic E-state index is 0.0906. The van der Waals surface area contributed by atoms with Crippen LogP contribution in [-0.2, 0) is 11.2 Å². The van der Waals surface area contributed by atoms with Gasteiger partial charge in [0.2, 0.25) is 5.91 Å². The van der Waals surface area contributed by atoms with E-state index in [2.05, 4.69) is 10.3 Å². The van der Waals surface area contributed by atoms with Crippen LogP contribution in [0.5, 0.6) is 5.75 Å². The molecule has 2 heterocycles. The lowest BCUT2D eigenvalue weighted by Gasteiger charge is -2.03. The molecule has 28 heavy (non-hydrogen) atoms. The van der Waals surface area contributed by atoms with E-state index in [1.165, 1.54) is 16.2 Å². The SMILES string of the molecule is COc1ccc2oc(-c3csc(NC(=O)Cc4ccc(SC)cc4)n3)cc2c1. The highest BCUT2D eigenvalue weighted by Gasteiger charge is 2.13. The van der Waals surface area contributed by atoms with Crippen LogP contribution in [0.1, 0.15) is 5.56 Å². The number of carbonyl (C=O) groups is 1. The Hall–Kier alpha value is -2.77. The Bertz CT molecular complexity index is 1120. The number of aromatic nitrogens is 1. The van der Waals surface area contributed by atoms with Crippen molar-refractivity contribution in [2.24, 2.45) is 0 Å². The van der Waals surface area contributed by atoms with Gasteiger partial charge >= 0.3 is 0 Å². The minimum Gasteiger partial charge on any atom is -0.497 e. The normalized spacial score (nSPS) is 10.9. The zero-order chi connectivity index (χ0) is 19.5. The quantitative estimate of drug-likeness (QED) is 0.427. The molecule has 0 spiro atoms. The number of nitrogens with zero attached hydrogens (tertiary/aromatic N) is 1. The number of thiazole rings is 1. The van der Waals surface area contributed by atoms with Crippen LogP contribution in [-0.4, -0.2) is 24.3 Å². The first kappa shape index (κ1) is 18.6. The Morgan fingerprint density at radius 3 is 2.79 bits per heavy atom. The van der Waals surface area contributed by atoms with E-state index >= 15 is 0 Å². The monoisotopic (exact) mass is 410 g/mol. The fourth-order valence-corrected chi connectivity index (χ4v) is 3.94. The summed E-state index contributed by atoms with van der Waals surface area (Å²) in [6, 6.07) is 15.5. The van der Waals surface area contributed by atoms with E-state index in [0.717, 1.165) is 22.3 Å². The highest BCUT2D eigenvalue weighted by Crippen LogP contribution is 2.32. The predicted molar refractivity (Wildman–Crippen MR) is 114 cm³/mol. The van der Waals surface area contributed by atoms with Gasteiger partial charge in [-0.15, -0.1) is 23.1 Å². The van der Waals surface area contributed by atoms with Crippen molar-refractivity contribution in [3.8, 4) is 17.2 Å². The van der Waals surface area contributed by atoms with E-state index in [9.17, 15) is 4.79 Å². The van der Waals surface area contributed by atoms with Gasteiger partial charge in [-0.1, -0.05) is 12.1 Å². The molecule has 0 bridgehead atoms. The number of hydrogen-bond donors (Lipinski definition) is 1. The molecule has 0 fully saturated rings.